The number of hydrogen-bond donors (Lipinski definition) is 1. The fraction of sp³-hybridized carbons (Fsp3) is 0.750. The van der Waals surface area contributed by atoms with Crippen molar-refractivity contribution >= 4 is 17.6 Å². The zero-order valence-electron chi connectivity index (χ0n) is 12.0. The lowest BCUT2D eigenvalue weighted by Crippen LogP contribution is -2.40. The van der Waals surface area contributed by atoms with Gasteiger partial charge in [0.15, 0.2) is 0 Å². The number of ether oxygens (including phenoxy) is 1. The summed E-state index contributed by atoms with van der Waals surface area (Å²) in [5.41, 5.74) is 0.467. The van der Waals surface area contributed by atoms with Crippen molar-refractivity contribution in [2.45, 2.75) is 39.8 Å². The summed E-state index contributed by atoms with van der Waals surface area (Å²) in [5, 5.41) is 9.06. The third-order valence-corrected chi connectivity index (χ3v) is 2.86. The first kappa shape index (κ1) is 15.8. The molecular weight excluding hydrogens is 264 g/mol. The predicted molar refractivity (Wildman–Crippen MR) is 75.1 cm³/mol. The largest absolute Gasteiger partial charge is 0.444 e. The van der Waals surface area contributed by atoms with Crippen LogP contribution in [-0.4, -0.2) is 45.8 Å². The zero-order valence-corrected chi connectivity index (χ0v) is 12.8. The molecule has 0 radical (unpaired) electrons. The summed E-state index contributed by atoms with van der Waals surface area (Å²) < 4.78 is 9.12. The standard InChI is InChI=1S/C12H22N4O2S/c1-5-16(11(17)18-12(2,3)4)7-6-13-8-10-9-19-15-14-10/h9,13H,5-8H2,1-4H3. The highest BCUT2D eigenvalue weighted by molar-refractivity contribution is 7.03. The molecule has 0 aliphatic rings. The van der Waals surface area contributed by atoms with Gasteiger partial charge in [0.25, 0.3) is 0 Å². The number of nitrogens with zero attached hydrogens (tertiary/aromatic N) is 3. The van der Waals surface area contributed by atoms with Gasteiger partial charge in [0.1, 0.15) is 5.60 Å². The van der Waals surface area contributed by atoms with Crippen molar-refractivity contribution in [3.63, 3.8) is 0 Å². The smallest absolute Gasteiger partial charge is 0.410 e. The van der Waals surface area contributed by atoms with Crippen molar-refractivity contribution in [3.05, 3.63) is 11.1 Å². The average Bonchev–Trinajstić information content (AvgIpc) is 2.79. The van der Waals surface area contributed by atoms with Crippen LogP contribution >= 0.6 is 11.5 Å². The van der Waals surface area contributed by atoms with E-state index in [1.165, 1.54) is 11.5 Å². The first-order valence-electron chi connectivity index (χ1n) is 6.37. The molecule has 0 bridgehead atoms. The van der Waals surface area contributed by atoms with Crippen molar-refractivity contribution in [2.75, 3.05) is 19.6 Å². The molecule has 1 heterocycles. The van der Waals surface area contributed by atoms with Gasteiger partial charge >= 0.3 is 6.09 Å². The summed E-state index contributed by atoms with van der Waals surface area (Å²) in [6.45, 7) is 10.2. The Morgan fingerprint density at radius 2 is 2.26 bits per heavy atom. The monoisotopic (exact) mass is 286 g/mol. The minimum absolute atomic E-state index is 0.271. The molecule has 0 unspecified atom stereocenters. The quantitative estimate of drug-likeness (QED) is 0.809. The molecule has 0 aliphatic carbocycles. The summed E-state index contributed by atoms with van der Waals surface area (Å²) >= 11 is 1.33. The van der Waals surface area contributed by atoms with Crippen LogP contribution < -0.4 is 5.32 Å². The van der Waals surface area contributed by atoms with E-state index in [4.69, 9.17) is 4.74 Å². The zero-order chi connectivity index (χ0) is 14.3. The van der Waals surface area contributed by atoms with Crippen molar-refractivity contribution in [3.8, 4) is 0 Å². The molecule has 0 atom stereocenters. The van der Waals surface area contributed by atoms with Crippen molar-refractivity contribution < 1.29 is 9.53 Å². The lowest BCUT2D eigenvalue weighted by Gasteiger charge is -2.26. The Labute approximate surface area is 118 Å². The number of rotatable bonds is 6. The van der Waals surface area contributed by atoms with E-state index in [-0.39, 0.29) is 6.09 Å². The summed E-state index contributed by atoms with van der Waals surface area (Å²) in [5.74, 6) is 0. The Balaban J connectivity index is 2.26. The lowest BCUT2D eigenvalue weighted by atomic mass is 10.2. The predicted octanol–water partition coefficient (Wildman–Crippen LogP) is 1.88. The Hall–Kier alpha value is -1.21. The molecule has 108 valence electrons. The molecule has 1 aromatic heterocycles. The molecule has 1 amide bonds. The van der Waals surface area contributed by atoms with E-state index in [2.05, 4.69) is 14.9 Å². The molecular formula is C12H22N4O2S. The second kappa shape index (κ2) is 7.40. The van der Waals surface area contributed by atoms with Crippen LogP contribution in [0.4, 0.5) is 4.79 Å². The third kappa shape index (κ3) is 6.49. The molecule has 1 N–H and O–H groups in total. The number of carbonyl (C=O) groups is 1. The van der Waals surface area contributed by atoms with Crippen LogP contribution in [0.5, 0.6) is 0 Å². The van der Waals surface area contributed by atoms with Crippen LogP contribution in [0.3, 0.4) is 0 Å². The van der Waals surface area contributed by atoms with Gasteiger partial charge in [-0.3, -0.25) is 0 Å². The topological polar surface area (TPSA) is 67.3 Å². The van der Waals surface area contributed by atoms with Gasteiger partial charge in [0, 0.05) is 31.6 Å². The fourth-order valence-corrected chi connectivity index (χ4v) is 1.85. The normalized spacial score (nSPS) is 11.4. The van der Waals surface area contributed by atoms with Gasteiger partial charge in [-0.2, -0.15) is 0 Å². The average molecular weight is 286 g/mol. The van der Waals surface area contributed by atoms with E-state index in [0.29, 0.717) is 26.2 Å². The highest BCUT2D eigenvalue weighted by Gasteiger charge is 2.20. The number of likely N-dealkylation sites (N-methyl/N-ethyl adjacent to an activating group) is 1. The molecule has 1 rings (SSSR count). The van der Waals surface area contributed by atoms with Gasteiger partial charge in [0.05, 0.1) is 5.69 Å². The van der Waals surface area contributed by atoms with Crippen LogP contribution in [-0.2, 0) is 11.3 Å². The highest BCUT2D eigenvalue weighted by Crippen LogP contribution is 2.09. The lowest BCUT2D eigenvalue weighted by molar-refractivity contribution is 0.0262. The highest BCUT2D eigenvalue weighted by atomic mass is 32.1. The number of hydrogen-bond acceptors (Lipinski definition) is 6. The van der Waals surface area contributed by atoms with Crippen LogP contribution in [0.1, 0.15) is 33.4 Å². The van der Waals surface area contributed by atoms with Gasteiger partial charge in [-0.1, -0.05) is 4.49 Å². The van der Waals surface area contributed by atoms with Gasteiger partial charge in [-0.25, -0.2) is 4.79 Å². The maximum Gasteiger partial charge on any atom is 0.410 e. The summed E-state index contributed by atoms with van der Waals surface area (Å²) in [6, 6.07) is 0. The molecule has 0 spiro atoms. The summed E-state index contributed by atoms with van der Waals surface area (Å²) in [7, 11) is 0. The third-order valence-electron chi connectivity index (χ3n) is 2.30. The first-order chi connectivity index (χ1) is 8.92. The van der Waals surface area contributed by atoms with Crippen LogP contribution in [0.15, 0.2) is 5.38 Å². The molecule has 7 heteroatoms. The molecule has 0 saturated carbocycles. The van der Waals surface area contributed by atoms with E-state index in [0.717, 1.165) is 5.69 Å². The number of aromatic nitrogens is 2. The van der Waals surface area contributed by atoms with Crippen LogP contribution in [0, 0.1) is 0 Å². The maximum absolute atomic E-state index is 11.9. The fourth-order valence-electron chi connectivity index (χ4n) is 1.40. The minimum atomic E-state index is -0.454. The Bertz CT molecular complexity index is 376. The Morgan fingerprint density at radius 1 is 1.53 bits per heavy atom. The van der Waals surface area contributed by atoms with E-state index < -0.39 is 5.60 Å². The summed E-state index contributed by atoms with van der Waals surface area (Å²) in [6.07, 6.45) is -0.271. The molecule has 6 nitrogen and oxygen atoms in total. The first-order valence-corrected chi connectivity index (χ1v) is 7.20. The van der Waals surface area contributed by atoms with E-state index in [1.807, 2.05) is 33.1 Å². The van der Waals surface area contributed by atoms with Crippen LogP contribution in [0.25, 0.3) is 0 Å². The molecule has 0 aromatic carbocycles. The molecule has 19 heavy (non-hydrogen) atoms. The van der Waals surface area contributed by atoms with Crippen molar-refractivity contribution in [1.82, 2.24) is 19.8 Å². The van der Waals surface area contributed by atoms with Crippen LogP contribution in [0.2, 0.25) is 0 Å². The van der Waals surface area contributed by atoms with Crippen molar-refractivity contribution in [1.29, 1.82) is 0 Å². The molecule has 0 aliphatic heterocycles. The van der Waals surface area contributed by atoms with Gasteiger partial charge < -0.3 is 15.0 Å². The molecule has 0 fully saturated rings. The molecule has 0 saturated heterocycles. The van der Waals surface area contributed by atoms with Crippen molar-refractivity contribution in [2.24, 2.45) is 0 Å². The second-order valence-corrected chi connectivity index (χ2v) is 5.74. The van der Waals surface area contributed by atoms with Gasteiger partial charge in [-0.15, -0.1) is 5.10 Å². The summed E-state index contributed by atoms with van der Waals surface area (Å²) in [4.78, 5) is 13.5. The second-order valence-electron chi connectivity index (χ2n) is 5.13. The Morgan fingerprint density at radius 3 is 2.79 bits per heavy atom. The minimum Gasteiger partial charge on any atom is -0.444 e. The SMILES string of the molecule is CCN(CCNCc1csnn1)C(=O)OC(C)(C)C. The Kier molecular flexibility index (Phi) is 6.17. The number of nitrogens with one attached hydrogen (secondary N) is 1. The number of carbonyl (C=O) groups excluding carboxylic acids is 1. The molecule has 1 aromatic rings. The maximum atomic E-state index is 11.9. The van der Waals surface area contributed by atoms with E-state index >= 15 is 0 Å². The van der Waals surface area contributed by atoms with E-state index in [9.17, 15) is 4.79 Å². The van der Waals surface area contributed by atoms with Gasteiger partial charge in [0.2, 0.25) is 0 Å². The number of amides is 1. The van der Waals surface area contributed by atoms with E-state index in [1.54, 1.807) is 4.90 Å². The van der Waals surface area contributed by atoms with Gasteiger partial charge in [-0.05, 0) is 39.2 Å².